The first kappa shape index (κ1) is 21.0. The third-order valence-electron chi connectivity index (χ3n) is 3.91. The number of non-ortho nitro benzene ring substituents is 1. The van der Waals surface area contributed by atoms with Gasteiger partial charge in [0.1, 0.15) is 0 Å². The highest BCUT2D eigenvalue weighted by Crippen LogP contribution is 2.24. The molecule has 0 aliphatic heterocycles. The molecule has 8 nitrogen and oxygen atoms in total. The van der Waals surface area contributed by atoms with E-state index in [1.807, 2.05) is 6.92 Å². The Kier molecular flexibility index (Phi) is 7.98. The summed E-state index contributed by atoms with van der Waals surface area (Å²) >= 11 is 0. The van der Waals surface area contributed by atoms with E-state index >= 15 is 0 Å². The van der Waals surface area contributed by atoms with Gasteiger partial charge in [0.2, 0.25) is 0 Å². The molecule has 2 unspecified atom stereocenters. The molecule has 0 spiro atoms. The van der Waals surface area contributed by atoms with E-state index in [1.165, 1.54) is 0 Å². The van der Waals surface area contributed by atoms with Crippen LogP contribution in [0.4, 0.5) is 5.69 Å². The number of unbranched alkanes of at least 4 members (excludes halogenated alkanes) is 4. The fourth-order valence-electron chi connectivity index (χ4n) is 2.52. The SMILES string of the molecule is CCCCCCCC(O)C(C(=O)O)S(=O)(=O)c1ccc([N+](=O)[O-])cc1. The van der Waals surface area contributed by atoms with Crippen LogP contribution in [0.25, 0.3) is 0 Å². The molecule has 2 atom stereocenters. The quantitative estimate of drug-likeness (QED) is 0.346. The van der Waals surface area contributed by atoms with Crippen LogP contribution in [-0.2, 0) is 14.6 Å². The monoisotopic (exact) mass is 373 g/mol. The number of rotatable bonds is 11. The molecule has 1 aromatic carbocycles. The summed E-state index contributed by atoms with van der Waals surface area (Å²) in [4.78, 5) is 21.0. The predicted octanol–water partition coefficient (Wildman–Crippen LogP) is 2.54. The lowest BCUT2D eigenvalue weighted by molar-refractivity contribution is -0.384. The summed E-state index contributed by atoms with van der Waals surface area (Å²) in [6.45, 7) is 2.05. The molecule has 1 aromatic rings. The molecule has 0 saturated heterocycles. The minimum atomic E-state index is -4.36. The van der Waals surface area contributed by atoms with Crippen molar-refractivity contribution in [2.45, 2.75) is 61.7 Å². The van der Waals surface area contributed by atoms with Crippen molar-refractivity contribution < 1.29 is 28.3 Å². The van der Waals surface area contributed by atoms with Crippen molar-refractivity contribution >= 4 is 21.5 Å². The minimum Gasteiger partial charge on any atom is -0.480 e. The van der Waals surface area contributed by atoms with E-state index in [9.17, 15) is 33.5 Å². The summed E-state index contributed by atoms with van der Waals surface area (Å²) in [5, 5.41) is 28.0. The second-order valence-corrected chi connectivity index (χ2v) is 7.89. The van der Waals surface area contributed by atoms with E-state index in [0.717, 1.165) is 49.9 Å². The molecule has 25 heavy (non-hydrogen) atoms. The summed E-state index contributed by atoms with van der Waals surface area (Å²) in [5.74, 6) is -1.64. The van der Waals surface area contributed by atoms with Gasteiger partial charge in [-0.3, -0.25) is 14.9 Å². The van der Waals surface area contributed by atoms with Gasteiger partial charge in [-0.2, -0.15) is 0 Å². The van der Waals surface area contributed by atoms with E-state index in [4.69, 9.17) is 0 Å². The minimum absolute atomic E-state index is 0.0624. The number of hydrogen-bond donors (Lipinski definition) is 2. The van der Waals surface area contributed by atoms with Crippen LogP contribution in [0.2, 0.25) is 0 Å². The maximum Gasteiger partial charge on any atom is 0.324 e. The Morgan fingerprint density at radius 3 is 2.20 bits per heavy atom. The number of nitro groups is 1. The van der Waals surface area contributed by atoms with Crippen LogP contribution in [0.15, 0.2) is 29.2 Å². The number of carbonyl (C=O) groups is 1. The lowest BCUT2D eigenvalue weighted by Crippen LogP contribution is -2.41. The van der Waals surface area contributed by atoms with Gasteiger partial charge in [0.25, 0.3) is 5.69 Å². The van der Waals surface area contributed by atoms with Crippen LogP contribution in [0.1, 0.15) is 45.4 Å². The highest BCUT2D eigenvalue weighted by atomic mass is 32.2. The summed E-state index contributed by atoms with van der Waals surface area (Å²) in [6.07, 6.45) is 2.84. The number of aliphatic hydroxyl groups excluding tert-OH is 1. The number of carboxylic acids is 1. The van der Waals surface area contributed by atoms with Crippen LogP contribution in [-0.4, -0.2) is 40.9 Å². The van der Waals surface area contributed by atoms with Crippen molar-refractivity contribution in [3.05, 3.63) is 34.4 Å². The molecule has 0 fully saturated rings. The van der Waals surface area contributed by atoms with Gasteiger partial charge in [0.05, 0.1) is 15.9 Å². The van der Waals surface area contributed by atoms with Gasteiger partial charge in [0, 0.05) is 12.1 Å². The Labute approximate surface area is 146 Å². The lowest BCUT2D eigenvalue weighted by Gasteiger charge is -2.19. The van der Waals surface area contributed by atoms with Crippen molar-refractivity contribution in [2.24, 2.45) is 0 Å². The smallest absolute Gasteiger partial charge is 0.324 e. The Morgan fingerprint density at radius 1 is 1.16 bits per heavy atom. The topological polar surface area (TPSA) is 135 Å². The number of nitrogens with zero attached hydrogens (tertiary/aromatic N) is 1. The summed E-state index contributed by atoms with van der Waals surface area (Å²) < 4.78 is 25.0. The predicted molar refractivity (Wildman–Crippen MR) is 91.1 cm³/mol. The van der Waals surface area contributed by atoms with Crippen molar-refractivity contribution in [1.29, 1.82) is 0 Å². The zero-order valence-corrected chi connectivity index (χ0v) is 14.8. The molecule has 1 rings (SSSR count). The van der Waals surface area contributed by atoms with Gasteiger partial charge in [-0.05, 0) is 18.6 Å². The molecule has 0 amide bonds. The average molecular weight is 373 g/mol. The largest absolute Gasteiger partial charge is 0.480 e. The van der Waals surface area contributed by atoms with E-state index < -0.39 is 32.1 Å². The second kappa shape index (κ2) is 9.47. The molecule has 0 aliphatic carbocycles. The van der Waals surface area contributed by atoms with Crippen LogP contribution in [0.3, 0.4) is 0 Å². The first-order valence-corrected chi connectivity index (χ1v) is 9.65. The normalized spacial score (nSPS) is 14.0. The molecule has 9 heteroatoms. The van der Waals surface area contributed by atoms with Crippen LogP contribution in [0.5, 0.6) is 0 Å². The third kappa shape index (κ3) is 5.79. The highest BCUT2D eigenvalue weighted by molar-refractivity contribution is 7.92. The van der Waals surface area contributed by atoms with Gasteiger partial charge >= 0.3 is 5.97 Å². The van der Waals surface area contributed by atoms with E-state index in [2.05, 4.69) is 0 Å². The summed E-state index contributed by atoms with van der Waals surface area (Å²) in [7, 11) is -4.36. The van der Waals surface area contributed by atoms with Crippen LogP contribution >= 0.6 is 0 Å². The van der Waals surface area contributed by atoms with E-state index in [1.54, 1.807) is 0 Å². The average Bonchev–Trinajstić information content (AvgIpc) is 2.54. The fraction of sp³-hybridized carbons (Fsp3) is 0.562. The number of sulfone groups is 1. The molecular weight excluding hydrogens is 350 g/mol. The van der Waals surface area contributed by atoms with E-state index in [-0.39, 0.29) is 17.0 Å². The molecular formula is C16H23NO7S. The number of benzene rings is 1. The Bertz CT molecular complexity index is 685. The Balaban J connectivity index is 2.91. The van der Waals surface area contributed by atoms with Crippen LogP contribution in [0, 0.1) is 10.1 Å². The fourth-order valence-corrected chi connectivity index (χ4v) is 4.14. The zero-order chi connectivity index (χ0) is 19.0. The number of hydrogen-bond acceptors (Lipinski definition) is 6. The maximum absolute atomic E-state index is 12.5. The molecule has 0 radical (unpaired) electrons. The molecule has 140 valence electrons. The lowest BCUT2D eigenvalue weighted by atomic mass is 10.1. The van der Waals surface area contributed by atoms with Gasteiger partial charge in [0.15, 0.2) is 15.1 Å². The van der Waals surface area contributed by atoms with Gasteiger partial charge < -0.3 is 10.2 Å². The first-order chi connectivity index (χ1) is 11.7. The van der Waals surface area contributed by atoms with Crippen molar-refractivity contribution in [1.82, 2.24) is 0 Å². The standard InChI is InChI=1S/C16H23NO7S/c1-2-3-4-5-6-7-14(18)15(16(19)20)25(23,24)13-10-8-12(9-11-13)17(21)22/h8-11,14-15,18H,2-7H2,1H3,(H,19,20). The van der Waals surface area contributed by atoms with E-state index in [0.29, 0.717) is 6.42 Å². The highest BCUT2D eigenvalue weighted by Gasteiger charge is 2.39. The van der Waals surface area contributed by atoms with Crippen molar-refractivity contribution in [3.63, 3.8) is 0 Å². The van der Waals surface area contributed by atoms with Gasteiger partial charge in [-0.25, -0.2) is 8.42 Å². The molecule has 0 bridgehead atoms. The number of carboxylic acid groups (broad SMARTS) is 1. The summed E-state index contributed by atoms with van der Waals surface area (Å²) in [6, 6.07) is 3.95. The number of aliphatic hydroxyl groups is 1. The second-order valence-electron chi connectivity index (χ2n) is 5.83. The first-order valence-electron chi connectivity index (χ1n) is 8.11. The third-order valence-corrected chi connectivity index (χ3v) is 6.02. The maximum atomic E-state index is 12.5. The number of aliphatic carboxylic acids is 1. The van der Waals surface area contributed by atoms with Crippen LogP contribution < -0.4 is 0 Å². The molecule has 0 heterocycles. The van der Waals surface area contributed by atoms with Crippen molar-refractivity contribution in [3.8, 4) is 0 Å². The van der Waals surface area contributed by atoms with Crippen molar-refractivity contribution in [2.75, 3.05) is 0 Å². The van der Waals surface area contributed by atoms with Gasteiger partial charge in [-0.1, -0.05) is 39.0 Å². The molecule has 0 saturated carbocycles. The zero-order valence-electron chi connectivity index (χ0n) is 14.0. The Morgan fingerprint density at radius 2 is 1.72 bits per heavy atom. The molecule has 0 aromatic heterocycles. The molecule has 0 aliphatic rings. The Hall–Kier alpha value is -2.00. The summed E-state index contributed by atoms with van der Waals surface area (Å²) in [5.41, 5.74) is -0.303. The van der Waals surface area contributed by atoms with Gasteiger partial charge in [-0.15, -0.1) is 0 Å². The molecule has 2 N–H and O–H groups in total. The number of nitro benzene ring substituents is 1.